The van der Waals surface area contributed by atoms with Gasteiger partial charge in [-0.05, 0) is 49.8 Å². The summed E-state index contributed by atoms with van der Waals surface area (Å²) in [5.74, 6) is -1.04. The zero-order valence-electron chi connectivity index (χ0n) is 19.8. The van der Waals surface area contributed by atoms with E-state index >= 15 is 4.39 Å². The van der Waals surface area contributed by atoms with Gasteiger partial charge < -0.3 is 14.8 Å². The van der Waals surface area contributed by atoms with Crippen LogP contribution in [0.4, 0.5) is 4.39 Å². The summed E-state index contributed by atoms with van der Waals surface area (Å²) in [4.78, 5) is 4.66. The maximum Gasteiger partial charge on any atom is 0.175 e. The standard InChI is InChI=1S/C26H25Cl2FN2O4S/c1-25(2,33)22-14-31(24(30-22)19-8-5-9-20(27)23(19)28)26(15-32)11-10-17(13-21(26)29)16-6-4-7-18(12-16)36(3,34)35/h4-14,17,32-33H,15H2,1-3H3. The molecule has 0 saturated heterocycles. The molecule has 0 radical (unpaired) electrons. The van der Waals surface area contributed by atoms with E-state index in [1.807, 2.05) is 0 Å². The highest BCUT2D eigenvalue weighted by atomic mass is 35.5. The summed E-state index contributed by atoms with van der Waals surface area (Å²) in [7, 11) is -3.44. The van der Waals surface area contributed by atoms with Crippen molar-refractivity contribution in [1.29, 1.82) is 0 Å². The third kappa shape index (κ3) is 4.76. The van der Waals surface area contributed by atoms with Crippen LogP contribution in [0.3, 0.4) is 0 Å². The van der Waals surface area contributed by atoms with Crippen molar-refractivity contribution in [2.45, 2.75) is 35.8 Å². The molecule has 4 rings (SSSR count). The van der Waals surface area contributed by atoms with Crippen LogP contribution >= 0.6 is 23.2 Å². The first-order valence-electron chi connectivity index (χ1n) is 11.0. The lowest BCUT2D eigenvalue weighted by Gasteiger charge is -2.34. The Balaban J connectivity index is 1.87. The molecular weight excluding hydrogens is 526 g/mol. The Bertz CT molecular complexity index is 1490. The van der Waals surface area contributed by atoms with E-state index < -0.39 is 39.3 Å². The number of nitrogens with zero attached hydrogens (tertiary/aromatic N) is 2. The van der Waals surface area contributed by atoms with E-state index in [0.29, 0.717) is 11.1 Å². The zero-order valence-corrected chi connectivity index (χ0v) is 22.1. The lowest BCUT2D eigenvalue weighted by atomic mass is 9.85. The molecule has 1 aliphatic carbocycles. The molecule has 2 N–H and O–H groups in total. The fraction of sp³-hybridized carbons (Fsp3) is 0.269. The highest BCUT2D eigenvalue weighted by molar-refractivity contribution is 7.90. The normalized spacial score (nSPS) is 20.4. The van der Waals surface area contributed by atoms with Gasteiger partial charge in [0.2, 0.25) is 0 Å². The van der Waals surface area contributed by atoms with Gasteiger partial charge >= 0.3 is 0 Å². The third-order valence-electron chi connectivity index (χ3n) is 6.19. The van der Waals surface area contributed by atoms with E-state index in [9.17, 15) is 18.6 Å². The lowest BCUT2D eigenvalue weighted by Crippen LogP contribution is -2.38. The van der Waals surface area contributed by atoms with Crippen molar-refractivity contribution in [2.24, 2.45) is 0 Å². The van der Waals surface area contributed by atoms with Crippen LogP contribution < -0.4 is 0 Å². The Morgan fingerprint density at radius 1 is 1.19 bits per heavy atom. The predicted octanol–water partition coefficient (Wildman–Crippen LogP) is 5.38. The van der Waals surface area contributed by atoms with E-state index in [2.05, 4.69) is 4.98 Å². The number of aliphatic hydroxyl groups is 2. The highest BCUT2D eigenvalue weighted by Crippen LogP contribution is 2.43. The number of allylic oxidation sites excluding steroid dienone is 2. The van der Waals surface area contributed by atoms with Gasteiger partial charge in [-0.25, -0.2) is 17.8 Å². The van der Waals surface area contributed by atoms with Crippen molar-refractivity contribution in [3.8, 4) is 11.4 Å². The Morgan fingerprint density at radius 2 is 1.89 bits per heavy atom. The Hall–Kier alpha value is -2.49. The molecule has 1 aromatic heterocycles. The van der Waals surface area contributed by atoms with Gasteiger partial charge in [0.25, 0.3) is 0 Å². The summed E-state index contributed by atoms with van der Waals surface area (Å²) in [6.07, 6.45) is 7.11. The number of halogens is 3. The second-order valence-corrected chi connectivity index (χ2v) is 12.1. The van der Waals surface area contributed by atoms with Crippen molar-refractivity contribution in [2.75, 3.05) is 12.9 Å². The molecular formula is C26H25Cl2FN2O4S. The maximum atomic E-state index is 16.0. The van der Waals surface area contributed by atoms with Crippen molar-refractivity contribution < 1.29 is 23.0 Å². The van der Waals surface area contributed by atoms with Gasteiger partial charge in [0.15, 0.2) is 9.84 Å². The van der Waals surface area contributed by atoms with Crippen molar-refractivity contribution in [1.82, 2.24) is 9.55 Å². The van der Waals surface area contributed by atoms with E-state index in [4.69, 9.17) is 23.2 Å². The Kier molecular flexibility index (Phi) is 6.96. The average molecular weight is 551 g/mol. The summed E-state index contributed by atoms with van der Waals surface area (Å²) >= 11 is 12.7. The SMILES string of the molecule is CC(C)(O)c1cn(C2(CO)C=CC(c3cccc(S(C)(=O)=O)c3)C=C2F)c(-c2cccc(Cl)c2Cl)n1. The van der Waals surface area contributed by atoms with Crippen molar-refractivity contribution >= 4 is 33.0 Å². The average Bonchev–Trinajstić information content (AvgIpc) is 3.27. The summed E-state index contributed by atoms with van der Waals surface area (Å²) in [6, 6.07) is 11.2. The molecule has 36 heavy (non-hydrogen) atoms. The van der Waals surface area contributed by atoms with Crippen LogP contribution in [-0.4, -0.2) is 41.0 Å². The minimum absolute atomic E-state index is 0.128. The molecule has 2 aromatic carbocycles. The number of sulfone groups is 1. The molecule has 3 aromatic rings. The fourth-order valence-electron chi connectivity index (χ4n) is 4.11. The predicted molar refractivity (Wildman–Crippen MR) is 139 cm³/mol. The largest absolute Gasteiger partial charge is 0.393 e. The van der Waals surface area contributed by atoms with Crippen LogP contribution in [0.15, 0.2) is 77.6 Å². The van der Waals surface area contributed by atoms with Gasteiger partial charge in [0.05, 0.1) is 27.2 Å². The van der Waals surface area contributed by atoms with Crippen LogP contribution in [0.25, 0.3) is 11.4 Å². The quantitative estimate of drug-likeness (QED) is 0.402. The van der Waals surface area contributed by atoms with Gasteiger partial charge in [-0.2, -0.15) is 0 Å². The molecule has 0 fully saturated rings. The summed E-state index contributed by atoms with van der Waals surface area (Å²) in [5, 5.41) is 21.6. The van der Waals surface area contributed by atoms with Crippen LogP contribution in [0.5, 0.6) is 0 Å². The number of rotatable bonds is 6. The van der Waals surface area contributed by atoms with Crippen molar-refractivity contribution in [3.05, 3.63) is 94.0 Å². The monoisotopic (exact) mass is 550 g/mol. The Morgan fingerprint density at radius 3 is 2.50 bits per heavy atom. The number of benzene rings is 2. The second-order valence-electron chi connectivity index (χ2n) is 9.31. The first kappa shape index (κ1) is 26.6. The topological polar surface area (TPSA) is 92.4 Å². The molecule has 190 valence electrons. The molecule has 0 amide bonds. The molecule has 10 heteroatoms. The molecule has 6 nitrogen and oxygen atoms in total. The van der Waals surface area contributed by atoms with Crippen LogP contribution in [-0.2, 0) is 21.0 Å². The second kappa shape index (κ2) is 9.43. The van der Waals surface area contributed by atoms with Gasteiger partial charge in [-0.1, -0.05) is 53.6 Å². The molecule has 0 aliphatic heterocycles. The molecule has 0 saturated carbocycles. The number of hydrogen-bond acceptors (Lipinski definition) is 5. The number of hydrogen-bond donors (Lipinski definition) is 2. The van der Waals surface area contributed by atoms with Crippen LogP contribution in [0.2, 0.25) is 10.0 Å². The number of imidazole rings is 1. The molecule has 0 bridgehead atoms. The third-order valence-corrected chi connectivity index (χ3v) is 8.12. The first-order valence-corrected chi connectivity index (χ1v) is 13.7. The highest BCUT2D eigenvalue weighted by Gasteiger charge is 2.41. The molecule has 2 unspecified atom stereocenters. The van der Waals surface area contributed by atoms with E-state index in [-0.39, 0.29) is 26.5 Å². The molecule has 0 spiro atoms. The van der Waals surface area contributed by atoms with E-state index in [1.54, 1.807) is 50.3 Å². The van der Waals surface area contributed by atoms with Gasteiger partial charge in [0, 0.05) is 23.9 Å². The molecule has 2 atom stereocenters. The van der Waals surface area contributed by atoms with Gasteiger partial charge in [-0.3, -0.25) is 0 Å². The maximum absolute atomic E-state index is 16.0. The first-order chi connectivity index (χ1) is 16.8. The van der Waals surface area contributed by atoms with Crippen LogP contribution in [0, 0.1) is 0 Å². The fourth-order valence-corrected chi connectivity index (χ4v) is 5.17. The summed E-state index contributed by atoms with van der Waals surface area (Å²) in [6.45, 7) is 2.43. The van der Waals surface area contributed by atoms with Gasteiger partial charge in [0.1, 0.15) is 22.8 Å². The van der Waals surface area contributed by atoms with Gasteiger partial charge in [-0.15, -0.1) is 0 Å². The van der Waals surface area contributed by atoms with E-state index in [1.165, 1.54) is 35.0 Å². The summed E-state index contributed by atoms with van der Waals surface area (Å²) < 4.78 is 41.4. The zero-order chi connectivity index (χ0) is 26.5. The van der Waals surface area contributed by atoms with E-state index in [0.717, 1.165) is 6.26 Å². The number of aromatic nitrogens is 2. The minimum Gasteiger partial charge on any atom is -0.393 e. The molecule has 1 aliphatic rings. The smallest absolute Gasteiger partial charge is 0.175 e. The summed E-state index contributed by atoms with van der Waals surface area (Å²) in [5.41, 5.74) is -1.82. The van der Waals surface area contributed by atoms with Crippen molar-refractivity contribution in [3.63, 3.8) is 0 Å². The molecule has 1 heterocycles. The minimum atomic E-state index is -3.44. The number of aliphatic hydroxyl groups excluding tert-OH is 1. The van der Waals surface area contributed by atoms with Crippen LogP contribution in [0.1, 0.15) is 31.0 Å². The lowest BCUT2D eigenvalue weighted by molar-refractivity contribution is 0.0739. The Labute approximate surface area is 219 Å².